The van der Waals surface area contributed by atoms with Gasteiger partial charge >= 0.3 is 11.8 Å². The summed E-state index contributed by atoms with van der Waals surface area (Å²) < 4.78 is 44.0. The van der Waals surface area contributed by atoms with Crippen molar-refractivity contribution in [1.82, 2.24) is 9.55 Å². The maximum absolute atomic E-state index is 12.4. The average Bonchev–Trinajstić information content (AvgIpc) is 2.80. The molecule has 0 unspecified atom stereocenters. The second-order valence-corrected chi connectivity index (χ2v) is 4.50. The first-order valence-electron chi connectivity index (χ1n) is 6.04. The van der Waals surface area contributed by atoms with Gasteiger partial charge in [-0.1, -0.05) is 6.07 Å². The van der Waals surface area contributed by atoms with Crippen LogP contribution in [0, 0.1) is 0 Å². The Labute approximate surface area is 116 Å². The number of fused-ring (bicyclic) bond motifs is 1. The summed E-state index contributed by atoms with van der Waals surface area (Å²) in [7, 11) is 0. The van der Waals surface area contributed by atoms with Crippen molar-refractivity contribution < 1.29 is 17.6 Å². The fraction of sp³-hybridized carbons (Fsp3) is 0.143. The van der Waals surface area contributed by atoms with E-state index < -0.39 is 17.5 Å². The Hall–Kier alpha value is -2.57. The van der Waals surface area contributed by atoms with Crippen molar-refractivity contribution in [1.29, 1.82) is 0 Å². The summed E-state index contributed by atoms with van der Waals surface area (Å²) in [5.74, 6) is 0.433. The van der Waals surface area contributed by atoms with Crippen LogP contribution in [0.15, 0.2) is 51.9 Å². The highest BCUT2D eigenvalue weighted by molar-refractivity contribution is 5.53. The van der Waals surface area contributed by atoms with Gasteiger partial charge in [0.15, 0.2) is 5.76 Å². The highest BCUT2D eigenvalue weighted by atomic mass is 19.4. The molecule has 0 saturated carbocycles. The van der Waals surface area contributed by atoms with Crippen molar-refractivity contribution in [3.05, 3.63) is 64.4 Å². The number of nitrogens with zero attached hydrogens (tertiary/aromatic N) is 2. The van der Waals surface area contributed by atoms with Gasteiger partial charge in [-0.15, -0.1) is 0 Å². The molecule has 7 heteroatoms. The number of furan rings is 1. The standard InChI is InChI=1S/C14H9F3N2O2/c15-14(16,17)12-4-3-9(7-18-12)8-19-5-1-2-11-10(19)6-13(20)21-11/h1-7H,8H2. The number of aromatic nitrogens is 2. The normalized spacial score (nSPS) is 12.0. The lowest BCUT2D eigenvalue weighted by Crippen LogP contribution is -2.09. The maximum Gasteiger partial charge on any atom is 0.433 e. The molecular formula is C14H9F3N2O2. The number of halogens is 3. The molecule has 0 aromatic carbocycles. The molecule has 2 aliphatic heterocycles. The minimum atomic E-state index is -4.45. The Morgan fingerprint density at radius 1 is 1.24 bits per heavy atom. The summed E-state index contributed by atoms with van der Waals surface area (Å²) in [6.07, 6.45) is -1.56. The Kier molecular flexibility index (Phi) is 3.04. The molecule has 108 valence electrons. The van der Waals surface area contributed by atoms with Crippen LogP contribution in [-0.4, -0.2) is 9.55 Å². The SMILES string of the molecule is O=c1cc2n(Cc3ccc(C(F)(F)F)nc3)cccc-2o1. The molecule has 0 fully saturated rings. The second kappa shape index (κ2) is 4.76. The molecule has 3 rings (SSSR count). The first-order chi connectivity index (χ1) is 9.93. The number of rotatable bonds is 2. The number of hydrogen-bond acceptors (Lipinski definition) is 3. The largest absolute Gasteiger partial charge is 0.433 e. The Balaban J connectivity index is 1.91. The van der Waals surface area contributed by atoms with Gasteiger partial charge in [0.05, 0.1) is 11.8 Å². The third-order valence-corrected chi connectivity index (χ3v) is 3.01. The molecule has 1 aromatic rings. The first-order valence-corrected chi connectivity index (χ1v) is 6.04. The molecule has 2 aliphatic rings. The van der Waals surface area contributed by atoms with Crippen LogP contribution in [0.4, 0.5) is 13.2 Å². The van der Waals surface area contributed by atoms with Crippen LogP contribution in [0.1, 0.15) is 11.3 Å². The van der Waals surface area contributed by atoms with E-state index in [9.17, 15) is 18.0 Å². The van der Waals surface area contributed by atoms with Gasteiger partial charge in [0, 0.05) is 18.9 Å². The van der Waals surface area contributed by atoms with Gasteiger partial charge in [-0.3, -0.25) is 4.98 Å². The molecular weight excluding hydrogens is 285 g/mol. The summed E-state index contributed by atoms with van der Waals surface area (Å²) >= 11 is 0. The van der Waals surface area contributed by atoms with E-state index in [1.807, 2.05) is 0 Å². The molecule has 0 bridgehead atoms. The molecule has 3 heterocycles. The third kappa shape index (κ3) is 2.67. The summed E-state index contributed by atoms with van der Waals surface area (Å²) in [6, 6.07) is 6.98. The third-order valence-electron chi connectivity index (χ3n) is 3.01. The lowest BCUT2D eigenvalue weighted by atomic mass is 10.2. The van der Waals surface area contributed by atoms with E-state index in [-0.39, 0.29) is 0 Å². The van der Waals surface area contributed by atoms with E-state index in [1.165, 1.54) is 18.3 Å². The summed E-state index contributed by atoms with van der Waals surface area (Å²) in [5.41, 5.74) is -0.216. The monoisotopic (exact) mass is 294 g/mol. The van der Waals surface area contributed by atoms with Crippen LogP contribution in [0.3, 0.4) is 0 Å². The topological polar surface area (TPSA) is 48.0 Å². The molecule has 0 amide bonds. The van der Waals surface area contributed by atoms with Gasteiger partial charge in [-0.2, -0.15) is 13.2 Å². The van der Waals surface area contributed by atoms with E-state index in [0.29, 0.717) is 23.6 Å². The second-order valence-electron chi connectivity index (χ2n) is 4.50. The van der Waals surface area contributed by atoms with Gasteiger partial charge in [-0.25, -0.2) is 4.79 Å². The van der Waals surface area contributed by atoms with Gasteiger partial charge in [-0.05, 0) is 23.8 Å². The van der Waals surface area contributed by atoms with Crippen molar-refractivity contribution in [2.45, 2.75) is 12.7 Å². The van der Waals surface area contributed by atoms with Crippen molar-refractivity contribution in [2.75, 3.05) is 0 Å². The molecule has 0 aliphatic carbocycles. The first kappa shape index (κ1) is 13.4. The molecule has 21 heavy (non-hydrogen) atoms. The van der Waals surface area contributed by atoms with Crippen LogP contribution in [0.5, 0.6) is 0 Å². The summed E-state index contributed by atoms with van der Waals surface area (Å²) in [4.78, 5) is 14.6. The van der Waals surface area contributed by atoms with Crippen LogP contribution in [-0.2, 0) is 12.7 Å². The molecule has 0 saturated heterocycles. The van der Waals surface area contributed by atoms with Crippen LogP contribution in [0.2, 0.25) is 0 Å². The molecule has 0 radical (unpaired) electrons. The van der Waals surface area contributed by atoms with Crippen LogP contribution < -0.4 is 5.63 Å². The van der Waals surface area contributed by atoms with Gasteiger partial charge in [0.1, 0.15) is 5.69 Å². The predicted molar refractivity (Wildman–Crippen MR) is 67.9 cm³/mol. The average molecular weight is 294 g/mol. The minimum absolute atomic E-state index is 0.293. The van der Waals surface area contributed by atoms with Crippen molar-refractivity contribution in [3.63, 3.8) is 0 Å². The Morgan fingerprint density at radius 3 is 2.71 bits per heavy atom. The highest BCUT2D eigenvalue weighted by Crippen LogP contribution is 2.27. The van der Waals surface area contributed by atoms with Crippen molar-refractivity contribution in [2.24, 2.45) is 0 Å². The van der Waals surface area contributed by atoms with E-state index in [0.717, 1.165) is 6.07 Å². The number of pyridine rings is 2. The minimum Gasteiger partial charge on any atom is -0.421 e. The fourth-order valence-corrected chi connectivity index (χ4v) is 2.05. The summed E-state index contributed by atoms with van der Waals surface area (Å²) in [5, 5.41) is 0. The van der Waals surface area contributed by atoms with Crippen molar-refractivity contribution >= 4 is 0 Å². The molecule has 1 aromatic heterocycles. The Morgan fingerprint density at radius 2 is 2.05 bits per heavy atom. The zero-order valence-electron chi connectivity index (χ0n) is 10.6. The molecule has 4 nitrogen and oxygen atoms in total. The zero-order valence-corrected chi connectivity index (χ0v) is 10.6. The predicted octanol–water partition coefficient (Wildman–Crippen LogP) is 3.01. The van der Waals surface area contributed by atoms with Crippen molar-refractivity contribution in [3.8, 4) is 11.5 Å². The Bertz CT molecular complexity index is 787. The van der Waals surface area contributed by atoms with Crippen LogP contribution in [0.25, 0.3) is 11.5 Å². The van der Waals surface area contributed by atoms with E-state index in [1.54, 1.807) is 22.9 Å². The smallest absolute Gasteiger partial charge is 0.421 e. The van der Waals surface area contributed by atoms with Gasteiger partial charge in [0.2, 0.25) is 0 Å². The number of hydrogen-bond donors (Lipinski definition) is 0. The highest BCUT2D eigenvalue weighted by Gasteiger charge is 2.32. The fourth-order valence-electron chi connectivity index (χ4n) is 2.05. The molecule has 0 N–H and O–H groups in total. The zero-order chi connectivity index (χ0) is 15.0. The summed E-state index contributed by atoms with van der Waals surface area (Å²) in [6.45, 7) is 0.293. The lowest BCUT2D eigenvalue weighted by Gasteiger charge is -2.11. The van der Waals surface area contributed by atoms with E-state index >= 15 is 0 Å². The lowest BCUT2D eigenvalue weighted by molar-refractivity contribution is -0.141. The van der Waals surface area contributed by atoms with Crippen LogP contribution >= 0.6 is 0 Å². The van der Waals surface area contributed by atoms with Gasteiger partial charge in [0.25, 0.3) is 0 Å². The maximum atomic E-state index is 12.4. The number of alkyl halides is 3. The molecule has 0 spiro atoms. The quantitative estimate of drug-likeness (QED) is 0.730. The van der Waals surface area contributed by atoms with Gasteiger partial charge < -0.3 is 8.98 Å². The molecule has 0 atom stereocenters. The van der Waals surface area contributed by atoms with E-state index in [4.69, 9.17) is 4.42 Å². The van der Waals surface area contributed by atoms with E-state index in [2.05, 4.69) is 4.98 Å².